The molecule has 0 aliphatic heterocycles. The zero-order chi connectivity index (χ0) is 14.7. The van der Waals surface area contributed by atoms with Gasteiger partial charge in [0.15, 0.2) is 5.65 Å². The molecule has 5 heteroatoms. The quantitative estimate of drug-likeness (QED) is 0.682. The fourth-order valence-electron chi connectivity index (χ4n) is 2.54. The standard InChI is InChI=1S/C16H20N4O/c1-3-21-10-6-9-17-15-12-7-4-5-8-13(12)18-16-14(15)11(2)19-20-16/h4-5,7-8H,3,6,9-10H2,1-2H3,(H2,17,18,19,20). The number of para-hydroxylation sites is 1. The Hall–Kier alpha value is -2.14. The maximum atomic E-state index is 5.38. The van der Waals surface area contributed by atoms with Crippen LogP contribution in [0.2, 0.25) is 0 Å². The van der Waals surface area contributed by atoms with E-state index in [1.807, 2.05) is 32.0 Å². The zero-order valence-electron chi connectivity index (χ0n) is 12.4. The average Bonchev–Trinajstić information content (AvgIpc) is 2.87. The molecule has 110 valence electrons. The van der Waals surface area contributed by atoms with E-state index in [4.69, 9.17) is 4.74 Å². The smallest absolute Gasteiger partial charge is 0.183 e. The Morgan fingerprint density at radius 2 is 2.14 bits per heavy atom. The number of ether oxygens (including phenoxy) is 1. The first-order valence-corrected chi connectivity index (χ1v) is 7.36. The second-order valence-electron chi connectivity index (χ2n) is 5.03. The maximum absolute atomic E-state index is 5.38. The Bertz CT molecular complexity index is 750. The maximum Gasteiger partial charge on any atom is 0.183 e. The number of aryl methyl sites for hydroxylation is 1. The van der Waals surface area contributed by atoms with Crippen molar-refractivity contribution >= 4 is 27.6 Å². The van der Waals surface area contributed by atoms with Gasteiger partial charge in [-0.3, -0.25) is 5.10 Å². The number of anilines is 1. The third-order valence-corrected chi connectivity index (χ3v) is 3.55. The first-order valence-electron chi connectivity index (χ1n) is 7.36. The van der Waals surface area contributed by atoms with Crippen LogP contribution in [0.4, 0.5) is 5.69 Å². The fraction of sp³-hybridized carbons (Fsp3) is 0.375. The summed E-state index contributed by atoms with van der Waals surface area (Å²) in [6, 6.07) is 8.15. The molecule has 5 nitrogen and oxygen atoms in total. The summed E-state index contributed by atoms with van der Waals surface area (Å²) in [4.78, 5) is 4.61. The first kappa shape index (κ1) is 13.8. The molecule has 0 radical (unpaired) electrons. The van der Waals surface area contributed by atoms with Gasteiger partial charge in [0.25, 0.3) is 0 Å². The van der Waals surface area contributed by atoms with Crippen LogP contribution in [0.25, 0.3) is 21.9 Å². The lowest BCUT2D eigenvalue weighted by Crippen LogP contribution is -2.07. The minimum atomic E-state index is 0.763. The van der Waals surface area contributed by atoms with Crippen molar-refractivity contribution in [3.8, 4) is 0 Å². The summed E-state index contributed by atoms with van der Waals surface area (Å²) in [6.45, 7) is 6.45. The van der Waals surface area contributed by atoms with E-state index in [1.54, 1.807) is 0 Å². The van der Waals surface area contributed by atoms with Crippen LogP contribution in [0.1, 0.15) is 19.0 Å². The number of pyridine rings is 1. The topological polar surface area (TPSA) is 62.8 Å². The van der Waals surface area contributed by atoms with Gasteiger partial charge in [-0.1, -0.05) is 18.2 Å². The van der Waals surface area contributed by atoms with Crippen LogP contribution in [-0.4, -0.2) is 34.9 Å². The molecule has 3 rings (SSSR count). The number of benzene rings is 1. The number of aromatic nitrogens is 3. The van der Waals surface area contributed by atoms with Gasteiger partial charge >= 0.3 is 0 Å². The van der Waals surface area contributed by atoms with Gasteiger partial charge in [-0.15, -0.1) is 0 Å². The SMILES string of the molecule is CCOCCCNc1c2ccccc2nc2n[nH]c(C)c12. The van der Waals surface area contributed by atoms with Gasteiger partial charge in [-0.25, -0.2) is 4.98 Å². The second kappa shape index (κ2) is 6.10. The largest absolute Gasteiger partial charge is 0.384 e. The van der Waals surface area contributed by atoms with E-state index >= 15 is 0 Å². The summed E-state index contributed by atoms with van der Waals surface area (Å²) in [5.74, 6) is 0. The molecule has 0 fully saturated rings. The highest BCUT2D eigenvalue weighted by molar-refractivity contribution is 6.07. The number of hydrogen-bond donors (Lipinski definition) is 2. The van der Waals surface area contributed by atoms with Gasteiger partial charge in [-0.05, 0) is 26.3 Å². The average molecular weight is 284 g/mol. The van der Waals surface area contributed by atoms with E-state index in [0.717, 1.165) is 59.5 Å². The van der Waals surface area contributed by atoms with Gasteiger partial charge < -0.3 is 10.1 Å². The number of nitrogens with one attached hydrogen (secondary N) is 2. The predicted octanol–water partition coefficient (Wildman–Crippen LogP) is 3.26. The number of aromatic amines is 1. The highest BCUT2D eigenvalue weighted by Gasteiger charge is 2.12. The van der Waals surface area contributed by atoms with Gasteiger partial charge in [0.05, 0.1) is 16.6 Å². The summed E-state index contributed by atoms with van der Waals surface area (Å²) in [5.41, 5.74) is 3.87. The minimum absolute atomic E-state index is 0.763. The predicted molar refractivity (Wildman–Crippen MR) is 85.7 cm³/mol. The van der Waals surface area contributed by atoms with E-state index in [2.05, 4.69) is 26.6 Å². The number of hydrogen-bond acceptors (Lipinski definition) is 4. The van der Waals surface area contributed by atoms with Gasteiger partial charge in [0, 0.05) is 30.8 Å². The summed E-state index contributed by atoms with van der Waals surface area (Å²) >= 11 is 0. The second-order valence-corrected chi connectivity index (χ2v) is 5.03. The molecule has 0 bridgehead atoms. The Labute approximate surface area is 123 Å². The van der Waals surface area contributed by atoms with E-state index in [0.29, 0.717) is 0 Å². The molecule has 0 aliphatic rings. The minimum Gasteiger partial charge on any atom is -0.384 e. The van der Waals surface area contributed by atoms with Gasteiger partial charge in [0.2, 0.25) is 0 Å². The van der Waals surface area contributed by atoms with Crippen molar-refractivity contribution in [2.75, 3.05) is 25.1 Å². The fourth-order valence-corrected chi connectivity index (χ4v) is 2.54. The molecule has 0 saturated carbocycles. The van der Waals surface area contributed by atoms with Gasteiger partial charge in [-0.2, -0.15) is 5.10 Å². The van der Waals surface area contributed by atoms with Crippen LogP contribution >= 0.6 is 0 Å². The number of rotatable bonds is 6. The molecule has 2 N–H and O–H groups in total. The zero-order valence-corrected chi connectivity index (χ0v) is 12.4. The number of nitrogens with zero attached hydrogens (tertiary/aromatic N) is 2. The normalized spacial score (nSPS) is 11.3. The molecular formula is C16H20N4O. The Balaban J connectivity index is 1.97. The molecule has 0 saturated heterocycles. The van der Waals surface area contributed by atoms with E-state index in [-0.39, 0.29) is 0 Å². The first-order chi connectivity index (χ1) is 10.3. The highest BCUT2D eigenvalue weighted by Crippen LogP contribution is 2.31. The summed E-state index contributed by atoms with van der Waals surface area (Å²) in [7, 11) is 0. The van der Waals surface area contributed by atoms with E-state index in [1.165, 1.54) is 0 Å². The third-order valence-electron chi connectivity index (χ3n) is 3.55. The summed E-state index contributed by atoms with van der Waals surface area (Å²) in [5, 5.41) is 13.1. The molecule has 0 atom stereocenters. The van der Waals surface area contributed by atoms with Gasteiger partial charge in [0.1, 0.15) is 0 Å². The summed E-state index contributed by atoms with van der Waals surface area (Å²) in [6.07, 6.45) is 0.975. The molecule has 2 heterocycles. The Morgan fingerprint density at radius 3 is 3.00 bits per heavy atom. The molecule has 0 amide bonds. The lowest BCUT2D eigenvalue weighted by atomic mass is 10.1. The lowest BCUT2D eigenvalue weighted by Gasteiger charge is -2.11. The van der Waals surface area contributed by atoms with Crippen molar-refractivity contribution < 1.29 is 4.74 Å². The number of H-pyrrole nitrogens is 1. The molecule has 2 aromatic heterocycles. The van der Waals surface area contributed by atoms with Crippen molar-refractivity contribution in [1.82, 2.24) is 15.2 Å². The van der Waals surface area contributed by atoms with Crippen molar-refractivity contribution in [1.29, 1.82) is 0 Å². The van der Waals surface area contributed by atoms with Crippen molar-refractivity contribution in [3.63, 3.8) is 0 Å². The molecule has 3 aromatic rings. The molecule has 0 spiro atoms. The van der Waals surface area contributed by atoms with Crippen molar-refractivity contribution in [2.45, 2.75) is 20.3 Å². The van der Waals surface area contributed by atoms with Crippen molar-refractivity contribution in [3.05, 3.63) is 30.0 Å². The molecule has 0 aliphatic carbocycles. The van der Waals surface area contributed by atoms with Crippen molar-refractivity contribution in [2.24, 2.45) is 0 Å². The molecular weight excluding hydrogens is 264 g/mol. The summed E-state index contributed by atoms with van der Waals surface area (Å²) < 4.78 is 5.38. The molecule has 0 unspecified atom stereocenters. The monoisotopic (exact) mass is 284 g/mol. The Kier molecular flexibility index (Phi) is 4.01. The van der Waals surface area contributed by atoms with Crippen LogP contribution in [-0.2, 0) is 4.74 Å². The van der Waals surface area contributed by atoms with E-state index in [9.17, 15) is 0 Å². The van der Waals surface area contributed by atoms with E-state index < -0.39 is 0 Å². The third kappa shape index (κ3) is 2.69. The van der Waals surface area contributed by atoms with Crippen LogP contribution in [0, 0.1) is 6.92 Å². The number of fused-ring (bicyclic) bond motifs is 2. The molecule has 1 aromatic carbocycles. The Morgan fingerprint density at radius 1 is 1.29 bits per heavy atom. The van der Waals surface area contributed by atoms with Crippen LogP contribution in [0.15, 0.2) is 24.3 Å². The van der Waals surface area contributed by atoms with Crippen LogP contribution in [0.5, 0.6) is 0 Å². The molecule has 21 heavy (non-hydrogen) atoms. The highest BCUT2D eigenvalue weighted by atomic mass is 16.5. The lowest BCUT2D eigenvalue weighted by molar-refractivity contribution is 0.147. The van der Waals surface area contributed by atoms with Crippen LogP contribution < -0.4 is 5.32 Å². The van der Waals surface area contributed by atoms with Crippen LogP contribution in [0.3, 0.4) is 0 Å².